The lowest BCUT2D eigenvalue weighted by molar-refractivity contribution is 0.414. The van der Waals surface area contributed by atoms with Gasteiger partial charge in [-0.05, 0) is 37.5 Å². The van der Waals surface area contributed by atoms with Crippen molar-refractivity contribution in [3.05, 3.63) is 21.9 Å². The molecule has 0 unspecified atom stereocenters. The second kappa shape index (κ2) is 7.28. The molecule has 0 amide bonds. The molecule has 0 aliphatic rings. The molecule has 1 aromatic rings. The third-order valence-corrected chi connectivity index (χ3v) is 4.27. The van der Waals surface area contributed by atoms with Crippen molar-refractivity contribution in [1.29, 1.82) is 0 Å². The van der Waals surface area contributed by atoms with E-state index in [9.17, 15) is 0 Å². The molecule has 15 heavy (non-hydrogen) atoms. The molecule has 1 aromatic heterocycles. The third kappa shape index (κ3) is 5.56. The normalized spacial score (nSPS) is 11.2. The topological polar surface area (TPSA) is 29.3 Å². The first-order valence-electron chi connectivity index (χ1n) is 5.21. The molecule has 0 fully saturated rings. The summed E-state index contributed by atoms with van der Waals surface area (Å²) in [4.78, 5) is 3.70. The summed E-state index contributed by atoms with van der Waals surface area (Å²) in [5, 5.41) is 2.28. The van der Waals surface area contributed by atoms with Gasteiger partial charge < -0.3 is 10.6 Å². The first-order valence-corrected chi connectivity index (χ1v) is 7.24. The lowest BCUT2D eigenvalue weighted by Gasteiger charge is -2.07. The van der Waals surface area contributed by atoms with E-state index in [0.717, 1.165) is 31.0 Å². The summed E-state index contributed by atoms with van der Waals surface area (Å²) in [6.07, 6.45) is 1.16. The average molecular weight is 244 g/mol. The van der Waals surface area contributed by atoms with Gasteiger partial charge in [0.25, 0.3) is 0 Å². The second-order valence-corrected chi connectivity index (χ2v) is 5.92. The summed E-state index contributed by atoms with van der Waals surface area (Å²) in [7, 11) is 4.23. The zero-order valence-electron chi connectivity index (χ0n) is 9.53. The van der Waals surface area contributed by atoms with E-state index in [-0.39, 0.29) is 0 Å². The highest BCUT2D eigenvalue weighted by Crippen LogP contribution is 2.20. The first kappa shape index (κ1) is 13.0. The van der Waals surface area contributed by atoms with Gasteiger partial charge in [0.15, 0.2) is 0 Å². The highest BCUT2D eigenvalue weighted by molar-refractivity contribution is 7.98. The fourth-order valence-electron chi connectivity index (χ4n) is 1.24. The number of hydrogen-bond donors (Lipinski definition) is 1. The van der Waals surface area contributed by atoms with E-state index in [1.165, 1.54) is 10.4 Å². The van der Waals surface area contributed by atoms with Crippen LogP contribution in [0.5, 0.6) is 0 Å². The van der Waals surface area contributed by atoms with Crippen molar-refractivity contribution in [3.63, 3.8) is 0 Å². The molecule has 0 spiro atoms. The van der Waals surface area contributed by atoms with Gasteiger partial charge in [0.1, 0.15) is 0 Å². The number of likely N-dealkylation sites (N-methyl/N-ethyl adjacent to an activating group) is 1. The van der Waals surface area contributed by atoms with Crippen molar-refractivity contribution in [2.45, 2.75) is 12.2 Å². The van der Waals surface area contributed by atoms with Crippen molar-refractivity contribution >= 4 is 23.1 Å². The quantitative estimate of drug-likeness (QED) is 0.744. The third-order valence-electron chi connectivity index (χ3n) is 2.06. The first-order chi connectivity index (χ1) is 7.22. The van der Waals surface area contributed by atoms with Gasteiger partial charge in [-0.2, -0.15) is 11.8 Å². The SMILES string of the molecule is CN(C)CCc1csc(CSCCN)c1. The lowest BCUT2D eigenvalue weighted by Crippen LogP contribution is -2.14. The molecular weight excluding hydrogens is 224 g/mol. The van der Waals surface area contributed by atoms with Crippen molar-refractivity contribution in [3.8, 4) is 0 Å². The molecule has 0 bridgehead atoms. The molecule has 0 radical (unpaired) electrons. The molecule has 2 nitrogen and oxygen atoms in total. The van der Waals surface area contributed by atoms with Gasteiger partial charge in [-0.3, -0.25) is 0 Å². The van der Waals surface area contributed by atoms with Gasteiger partial charge in [-0.1, -0.05) is 0 Å². The maximum atomic E-state index is 5.46. The number of rotatable bonds is 7. The monoisotopic (exact) mass is 244 g/mol. The molecular formula is C11H20N2S2. The Morgan fingerprint density at radius 3 is 2.93 bits per heavy atom. The maximum Gasteiger partial charge on any atom is 0.0279 e. The average Bonchev–Trinajstić information content (AvgIpc) is 2.63. The molecule has 0 aromatic carbocycles. The van der Waals surface area contributed by atoms with Crippen LogP contribution in [0.2, 0.25) is 0 Å². The van der Waals surface area contributed by atoms with Crippen molar-refractivity contribution in [2.75, 3.05) is 32.9 Å². The maximum absolute atomic E-state index is 5.46. The number of hydrogen-bond acceptors (Lipinski definition) is 4. The van der Waals surface area contributed by atoms with Crippen LogP contribution in [0, 0.1) is 0 Å². The molecule has 0 saturated carbocycles. The van der Waals surface area contributed by atoms with Crippen LogP contribution < -0.4 is 5.73 Å². The smallest absolute Gasteiger partial charge is 0.0279 e. The molecule has 0 saturated heterocycles. The molecule has 0 aliphatic heterocycles. The summed E-state index contributed by atoms with van der Waals surface area (Å²) >= 11 is 3.79. The second-order valence-electron chi connectivity index (χ2n) is 3.82. The van der Waals surface area contributed by atoms with Gasteiger partial charge in [0, 0.05) is 29.5 Å². The Bertz CT molecular complexity index is 271. The Hall–Kier alpha value is -0.0300. The number of nitrogens with two attached hydrogens (primary N) is 1. The highest BCUT2D eigenvalue weighted by atomic mass is 32.2. The van der Waals surface area contributed by atoms with Gasteiger partial charge in [0.2, 0.25) is 0 Å². The lowest BCUT2D eigenvalue weighted by atomic mass is 10.2. The standard InChI is InChI=1S/C11H20N2S2/c1-13(2)5-3-10-7-11(15-8-10)9-14-6-4-12/h7-8H,3-6,9,12H2,1-2H3. The Morgan fingerprint density at radius 2 is 2.27 bits per heavy atom. The Labute approximate surface area is 101 Å². The van der Waals surface area contributed by atoms with Gasteiger partial charge >= 0.3 is 0 Å². The van der Waals surface area contributed by atoms with E-state index < -0.39 is 0 Å². The van der Waals surface area contributed by atoms with Crippen LogP contribution in [0.3, 0.4) is 0 Å². The van der Waals surface area contributed by atoms with E-state index in [0.29, 0.717) is 0 Å². The number of thioether (sulfide) groups is 1. The van der Waals surface area contributed by atoms with E-state index in [4.69, 9.17) is 5.73 Å². The van der Waals surface area contributed by atoms with E-state index in [1.807, 2.05) is 23.1 Å². The van der Waals surface area contributed by atoms with Crippen LogP contribution in [0.15, 0.2) is 11.4 Å². The minimum Gasteiger partial charge on any atom is -0.330 e. The molecule has 1 heterocycles. The van der Waals surface area contributed by atoms with Crippen molar-refractivity contribution < 1.29 is 0 Å². The van der Waals surface area contributed by atoms with Crippen LogP contribution in [0.1, 0.15) is 10.4 Å². The minimum absolute atomic E-state index is 0.781. The molecule has 4 heteroatoms. The number of thiophene rings is 1. The minimum atomic E-state index is 0.781. The number of nitrogens with zero attached hydrogens (tertiary/aromatic N) is 1. The van der Waals surface area contributed by atoms with E-state index >= 15 is 0 Å². The zero-order chi connectivity index (χ0) is 11.1. The predicted octanol–water partition coefficient (Wildman–Crippen LogP) is 2.04. The van der Waals surface area contributed by atoms with Crippen LogP contribution in [-0.2, 0) is 12.2 Å². The van der Waals surface area contributed by atoms with Crippen LogP contribution in [0.25, 0.3) is 0 Å². The summed E-state index contributed by atoms with van der Waals surface area (Å²) in [6, 6.07) is 2.33. The van der Waals surface area contributed by atoms with Crippen LogP contribution >= 0.6 is 23.1 Å². The van der Waals surface area contributed by atoms with Gasteiger partial charge in [-0.15, -0.1) is 11.3 Å². The molecule has 0 atom stereocenters. The fourth-order valence-corrected chi connectivity index (χ4v) is 3.07. The van der Waals surface area contributed by atoms with Gasteiger partial charge in [-0.25, -0.2) is 0 Å². The fraction of sp³-hybridized carbons (Fsp3) is 0.636. The summed E-state index contributed by atoms with van der Waals surface area (Å²) in [6.45, 7) is 1.91. The van der Waals surface area contributed by atoms with Crippen LogP contribution in [0.4, 0.5) is 0 Å². The Kier molecular flexibility index (Phi) is 6.32. The van der Waals surface area contributed by atoms with Crippen molar-refractivity contribution in [2.24, 2.45) is 5.73 Å². The predicted molar refractivity (Wildman–Crippen MR) is 71.8 cm³/mol. The van der Waals surface area contributed by atoms with E-state index in [1.54, 1.807) is 0 Å². The van der Waals surface area contributed by atoms with Gasteiger partial charge in [0.05, 0.1) is 0 Å². The molecule has 0 aliphatic carbocycles. The molecule has 1 rings (SSSR count). The summed E-state index contributed by atoms with van der Waals surface area (Å²) in [5.41, 5.74) is 6.93. The highest BCUT2D eigenvalue weighted by Gasteiger charge is 2.00. The summed E-state index contributed by atoms with van der Waals surface area (Å²) in [5.74, 6) is 2.18. The summed E-state index contributed by atoms with van der Waals surface area (Å²) < 4.78 is 0. The Balaban J connectivity index is 2.29. The van der Waals surface area contributed by atoms with Crippen LogP contribution in [-0.4, -0.2) is 37.8 Å². The molecule has 2 N–H and O–H groups in total. The molecule has 86 valence electrons. The van der Waals surface area contributed by atoms with E-state index in [2.05, 4.69) is 30.4 Å². The van der Waals surface area contributed by atoms with Crippen molar-refractivity contribution in [1.82, 2.24) is 4.90 Å². The zero-order valence-corrected chi connectivity index (χ0v) is 11.2. The Morgan fingerprint density at radius 1 is 1.47 bits per heavy atom. The largest absolute Gasteiger partial charge is 0.330 e.